The van der Waals surface area contributed by atoms with Gasteiger partial charge in [-0.15, -0.1) is 0 Å². The van der Waals surface area contributed by atoms with E-state index in [1.165, 1.54) is 0 Å². The smallest absolute Gasteiger partial charge is 0.234 e. The van der Waals surface area contributed by atoms with Gasteiger partial charge in [-0.05, 0) is 19.8 Å². The summed E-state index contributed by atoms with van der Waals surface area (Å²) in [5.41, 5.74) is 0. The second-order valence-electron chi connectivity index (χ2n) is 4.30. The molecule has 0 saturated carbocycles. The molecule has 5 heteroatoms. The fourth-order valence-electron chi connectivity index (χ4n) is 1.55. The van der Waals surface area contributed by atoms with Gasteiger partial charge in [0.2, 0.25) is 11.8 Å². The minimum absolute atomic E-state index is 0.00134. The van der Waals surface area contributed by atoms with E-state index in [1.54, 1.807) is 0 Å². The Morgan fingerprint density at radius 2 is 2.38 bits per heavy atom. The minimum atomic E-state index is 0.00134. The first-order valence-corrected chi connectivity index (χ1v) is 5.91. The van der Waals surface area contributed by atoms with E-state index in [-0.39, 0.29) is 17.9 Å². The molecule has 0 aromatic rings. The summed E-state index contributed by atoms with van der Waals surface area (Å²) in [6.45, 7) is 5.02. The predicted octanol–water partition coefficient (Wildman–Crippen LogP) is -0.231. The van der Waals surface area contributed by atoms with E-state index < -0.39 is 0 Å². The summed E-state index contributed by atoms with van der Waals surface area (Å²) in [5.74, 6) is 0.0738. The molecular formula is C11H21N3O2. The molecule has 1 saturated heterocycles. The third kappa shape index (κ3) is 4.61. The first kappa shape index (κ1) is 13.0. The molecule has 2 unspecified atom stereocenters. The average molecular weight is 227 g/mol. The van der Waals surface area contributed by atoms with Crippen LogP contribution in [0.1, 0.15) is 33.1 Å². The molecule has 0 spiro atoms. The van der Waals surface area contributed by atoms with Crippen molar-refractivity contribution in [1.29, 1.82) is 0 Å². The highest BCUT2D eigenvalue weighted by molar-refractivity contribution is 5.80. The van der Waals surface area contributed by atoms with Crippen molar-refractivity contribution in [2.24, 2.45) is 0 Å². The van der Waals surface area contributed by atoms with E-state index in [1.807, 2.05) is 6.92 Å². The molecule has 0 bridgehead atoms. The molecule has 1 aliphatic heterocycles. The molecule has 0 aromatic heterocycles. The monoisotopic (exact) mass is 227 g/mol. The Morgan fingerprint density at radius 1 is 1.62 bits per heavy atom. The summed E-state index contributed by atoms with van der Waals surface area (Å²) in [4.78, 5) is 22.4. The summed E-state index contributed by atoms with van der Waals surface area (Å²) in [5, 5.41) is 8.77. The van der Waals surface area contributed by atoms with Crippen molar-refractivity contribution < 1.29 is 9.59 Å². The highest BCUT2D eigenvalue weighted by Gasteiger charge is 2.19. The number of hydrogen-bond donors (Lipinski definition) is 3. The Balaban J connectivity index is 2.16. The third-order valence-electron chi connectivity index (χ3n) is 2.85. The number of carbonyl (C=O) groups is 2. The van der Waals surface area contributed by atoms with Crippen LogP contribution in [0, 0.1) is 0 Å². The maximum Gasteiger partial charge on any atom is 0.234 e. The van der Waals surface area contributed by atoms with Gasteiger partial charge in [0.25, 0.3) is 0 Å². The minimum Gasteiger partial charge on any atom is -0.354 e. The predicted molar refractivity (Wildman–Crippen MR) is 61.9 cm³/mol. The molecule has 2 atom stereocenters. The Kier molecular flexibility index (Phi) is 5.25. The Hall–Kier alpha value is -1.10. The molecule has 1 rings (SSSR count). The lowest BCUT2D eigenvalue weighted by Gasteiger charge is -2.23. The largest absolute Gasteiger partial charge is 0.354 e. The summed E-state index contributed by atoms with van der Waals surface area (Å²) in [7, 11) is 0. The van der Waals surface area contributed by atoms with E-state index in [0.29, 0.717) is 25.6 Å². The summed E-state index contributed by atoms with van der Waals surface area (Å²) >= 11 is 0. The lowest BCUT2D eigenvalue weighted by molar-refractivity contribution is -0.125. The van der Waals surface area contributed by atoms with Crippen LogP contribution in [0.4, 0.5) is 0 Å². The summed E-state index contributed by atoms with van der Waals surface area (Å²) < 4.78 is 0. The molecule has 0 aliphatic carbocycles. The molecule has 16 heavy (non-hydrogen) atoms. The van der Waals surface area contributed by atoms with Crippen LogP contribution in [-0.4, -0.2) is 37.0 Å². The molecule has 2 amide bonds. The Labute approximate surface area is 96.4 Å². The van der Waals surface area contributed by atoms with Crippen LogP contribution in [0.2, 0.25) is 0 Å². The van der Waals surface area contributed by atoms with Crippen LogP contribution in [0.15, 0.2) is 0 Å². The molecule has 0 aromatic carbocycles. The van der Waals surface area contributed by atoms with Crippen molar-refractivity contribution in [3.63, 3.8) is 0 Å². The average Bonchev–Trinajstić information content (AvgIpc) is 2.29. The lowest BCUT2D eigenvalue weighted by atomic mass is 10.1. The molecule has 92 valence electrons. The topological polar surface area (TPSA) is 70.2 Å². The zero-order valence-corrected chi connectivity index (χ0v) is 10.0. The van der Waals surface area contributed by atoms with Crippen LogP contribution < -0.4 is 16.0 Å². The van der Waals surface area contributed by atoms with Gasteiger partial charge in [0, 0.05) is 25.0 Å². The van der Waals surface area contributed by atoms with Crippen LogP contribution in [0.3, 0.4) is 0 Å². The van der Waals surface area contributed by atoms with Crippen molar-refractivity contribution in [3.8, 4) is 0 Å². The van der Waals surface area contributed by atoms with E-state index in [9.17, 15) is 9.59 Å². The van der Waals surface area contributed by atoms with Crippen LogP contribution in [0.25, 0.3) is 0 Å². The number of nitrogens with one attached hydrogen (secondary N) is 3. The molecule has 1 fully saturated rings. The standard InChI is InChI=1S/C11H21N3O2/c1-3-8(2)12-7-11(16)14-9-4-5-10(15)13-6-9/h8-9,12H,3-7H2,1-2H3,(H,13,15)(H,14,16). The quantitative estimate of drug-likeness (QED) is 0.607. The molecule has 1 aliphatic rings. The second kappa shape index (κ2) is 6.48. The SMILES string of the molecule is CCC(C)NCC(=O)NC1CCC(=O)NC1. The van der Waals surface area contributed by atoms with Gasteiger partial charge in [0.05, 0.1) is 6.54 Å². The van der Waals surface area contributed by atoms with Gasteiger partial charge < -0.3 is 16.0 Å². The van der Waals surface area contributed by atoms with Gasteiger partial charge in [-0.1, -0.05) is 6.92 Å². The van der Waals surface area contributed by atoms with Crippen LogP contribution in [-0.2, 0) is 9.59 Å². The number of rotatable bonds is 5. The van der Waals surface area contributed by atoms with Gasteiger partial charge in [0.15, 0.2) is 0 Å². The number of amides is 2. The Morgan fingerprint density at radius 3 is 2.94 bits per heavy atom. The maximum absolute atomic E-state index is 11.5. The fourth-order valence-corrected chi connectivity index (χ4v) is 1.55. The van der Waals surface area contributed by atoms with Gasteiger partial charge in [-0.3, -0.25) is 9.59 Å². The summed E-state index contributed by atoms with van der Waals surface area (Å²) in [6, 6.07) is 0.445. The van der Waals surface area contributed by atoms with Crippen molar-refractivity contribution in [2.45, 2.75) is 45.2 Å². The molecule has 5 nitrogen and oxygen atoms in total. The maximum atomic E-state index is 11.5. The number of carbonyl (C=O) groups excluding carboxylic acids is 2. The molecule has 3 N–H and O–H groups in total. The zero-order chi connectivity index (χ0) is 12.0. The molecular weight excluding hydrogens is 206 g/mol. The van der Waals surface area contributed by atoms with Crippen molar-refractivity contribution in [2.75, 3.05) is 13.1 Å². The highest BCUT2D eigenvalue weighted by Crippen LogP contribution is 2.02. The fraction of sp³-hybridized carbons (Fsp3) is 0.818. The Bertz CT molecular complexity index is 246. The lowest BCUT2D eigenvalue weighted by Crippen LogP contribution is -2.50. The molecule has 1 heterocycles. The van der Waals surface area contributed by atoms with E-state index in [0.717, 1.165) is 12.8 Å². The van der Waals surface area contributed by atoms with E-state index in [4.69, 9.17) is 0 Å². The van der Waals surface area contributed by atoms with Crippen molar-refractivity contribution in [1.82, 2.24) is 16.0 Å². The van der Waals surface area contributed by atoms with Crippen LogP contribution in [0.5, 0.6) is 0 Å². The van der Waals surface area contributed by atoms with Gasteiger partial charge in [-0.2, -0.15) is 0 Å². The van der Waals surface area contributed by atoms with E-state index >= 15 is 0 Å². The molecule has 0 radical (unpaired) electrons. The van der Waals surface area contributed by atoms with Gasteiger partial charge in [0.1, 0.15) is 0 Å². The van der Waals surface area contributed by atoms with Gasteiger partial charge in [-0.25, -0.2) is 0 Å². The zero-order valence-electron chi connectivity index (χ0n) is 10.0. The third-order valence-corrected chi connectivity index (χ3v) is 2.85. The van der Waals surface area contributed by atoms with Crippen molar-refractivity contribution in [3.05, 3.63) is 0 Å². The summed E-state index contributed by atoms with van der Waals surface area (Å²) in [6.07, 6.45) is 2.25. The number of piperidine rings is 1. The second-order valence-corrected chi connectivity index (χ2v) is 4.30. The van der Waals surface area contributed by atoms with Gasteiger partial charge >= 0.3 is 0 Å². The first-order chi connectivity index (χ1) is 7.61. The normalized spacial score (nSPS) is 22.4. The highest BCUT2D eigenvalue weighted by atomic mass is 16.2. The van der Waals surface area contributed by atoms with Crippen LogP contribution >= 0.6 is 0 Å². The first-order valence-electron chi connectivity index (χ1n) is 5.91. The van der Waals surface area contributed by atoms with Crippen molar-refractivity contribution >= 4 is 11.8 Å². The van der Waals surface area contributed by atoms with E-state index in [2.05, 4.69) is 22.9 Å². The number of hydrogen-bond acceptors (Lipinski definition) is 3.